The maximum atomic E-state index is 13.0. The van der Waals surface area contributed by atoms with Crippen LogP contribution in [0.25, 0.3) is 22.3 Å². The first-order chi connectivity index (χ1) is 13.5. The molecule has 0 radical (unpaired) electrons. The lowest BCUT2D eigenvalue weighted by molar-refractivity contribution is 0.102. The number of hydrogen-bond acceptors (Lipinski definition) is 4. The summed E-state index contributed by atoms with van der Waals surface area (Å²) in [5.41, 5.74) is 3.23. The number of ether oxygens (including phenoxy) is 1. The second-order valence-corrected chi connectivity index (χ2v) is 6.69. The minimum atomic E-state index is -0.258. The molecule has 0 atom stereocenters. The van der Waals surface area contributed by atoms with E-state index in [1.165, 1.54) is 0 Å². The molecule has 2 heterocycles. The van der Waals surface area contributed by atoms with E-state index in [2.05, 4.69) is 15.4 Å². The summed E-state index contributed by atoms with van der Waals surface area (Å²) in [7, 11) is 3.41. The number of amides is 1. The molecule has 2 aromatic carbocycles. The summed E-state index contributed by atoms with van der Waals surface area (Å²) in [5, 5.41) is 8.37. The predicted molar refractivity (Wildman–Crippen MR) is 110 cm³/mol. The van der Waals surface area contributed by atoms with Gasteiger partial charge in [0, 0.05) is 23.3 Å². The Labute approximate surface area is 166 Å². The zero-order chi connectivity index (χ0) is 19.7. The Kier molecular flexibility index (Phi) is 4.71. The van der Waals surface area contributed by atoms with Crippen LogP contribution in [0.5, 0.6) is 5.75 Å². The summed E-state index contributed by atoms with van der Waals surface area (Å²) in [6.07, 6.45) is 1.64. The molecule has 0 bridgehead atoms. The summed E-state index contributed by atoms with van der Waals surface area (Å²) in [6.45, 7) is 0. The first kappa shape index (κ1) is 18.0. The van der Waals surface area contributed by atoms with E-state index in [1.807, 2.05) is 24.3 Å². The largest absolute Gasteiger partial charge is 0.497 e. The van der Waals surface area contributed by atoms with Gasteiger partial charge in [-0.15, -0.1) is 0 Å². The van der Waals surface area contributed by atoms with Gasteiger partial charge in [-0.2, -0.15) is 5.10 Å². The van der Waals surface area contributed by atoms with E-state index < -0.39 is 0 Å². The van der Waals surface area contributed by atoms with Gasteiger partial charge in [-0.3, -0.25) is 9.48 Å². The van der Waals surface area contributed by atoms with Gasteiger partial charge < -0.3 is 10.1 Å². The number of carbonyl (C=O) groups excluding carboxylic acids is 1. The zero-order valence-corrected chi connectivity index (χ0v) is 16.1. The van der Waals surface area contributed by atoms with Crippen molar-refractivity contribution >= 4 is 34.2 Å². The third-order valence-electron chi connectivity index (χ3n) is 4.40. The number of nitrogens with one attached hydrogen (secondary N) is 1. The monoisotopic (exact) mass is 392 g/mol. The van der Waals surface area contributed by atoms with Crippen LogP contribution < -0.4 is 10.1 Å². The highest BCUT2D eigenvalue weighted by molar-refractivity contribution is 6.31. The normalized spacial score (nSPS) is 10.8. The van der Waals surface area contributed by atoms with Gasteiger partial charge in [-0.05, 0) is 36.4 Å². The van der Waals surface area contributed by atoms with Gasteiger partial charge in [-0.1, -0.05) is 29.8 Å². The average molecular weight is 393 g/mol. The highest BCUT2D eigenvalue weighted by Gasteiger charge is 2.17. The molecule has 6 nitrogen and oxygen atoms in total. The van der Waals surface area contributed by atoms with Crippen LogP contribution in [0.15, 0.2) is 60.8 Å². The third-order valence-corrected chi connectivity index (χ3v) is 4.63. The predicted octanol–water partition coefficient (Wildman–Crippen LogP) is 4.55. The Hall–Kier alpha value is -3.38. The second kappa shape index (κ2) is 7.32. The Balaban J connectivity index is 1.81. The number of methoxy groups -OCH3 is 1. The van der Waals surface area contributed by atoms with E-state index in [0.29, 0.717) is 38.8 Å². The quantitative estimate of drug-likeness (QED) is 0.553. The van der Waals surface area contributed by atoms with E-state index in [-0.39, 0.29) is 5.91 Å². The molecule has 0 unspecified atom stereocenters. The molecule has 4 aromatic rings. The van der Waals surface area contributed by atoms with Crippen LogP contribution in [0.1, 0.15) is 10.4 Å². The summed E-state index contributed by atoms with van der Waals surface area (Å²) in [6, 6.07) is 16.3. The first-order valence-corrected chi connectivity index (χ1v) is 8.97. The fraction of sp³-hybridized carbons (Fsp3) is 0.0952. The van der Waals surface area contributed by atoms with E-state index in [4.69, 9.17) is 16.3 Å². The molecule has 140 valence electrons. The molecule has 0 fully saturated rings. The van der Waals surface area contributed by atoms with E-state index in [0.717, 1.165) is 5.56 Å². The molecule has 0 aliphatic rings. The molecule has 0 saturated carbocycles. The molecule has 2 aromatic heterocycles. The van der Waals surface area contributed by atoms with Crippen LogP contribution in [0, 0.1) is 0 Å². The maximum Gasteiger partial charge on any atom is 0.256 e. The summed E-state index contributed by atoms with van der Waals surface area (Å²) in [4.78, 5) is 17.7. The third kappa shape index (κ3) is 3.42. The van der Waals surface area contributed by atoms with Gasteiger partial charge in [0.25, 0.3) is 5.91 Å². The van der Waals surface area contributed by atoms with E-state index in [9.17, 15) is 4.79 Å². The SMILES string of the molecule is COc1cccc(-c2cc(C(=O)Nc3cccc(Cl)c3)c3cnn(C)c3n2)c1. The van der Waals surface area contributed by atoms with Gasteiger partial charge in [-0.25, -0.2) is 4.98 Å². The van der Waals surface area contributed by atoms with Crippen molar-refractivity contribution in [3.05, 3.63) is 71.4 Å². The first-order valence-electron chi connectivity index (χ1n) is 8.59. The molecule has 0 aliphatic heterocycles. The van der Waals surface area contributed by atoms with Crippen LogP contribution in [0.3, 0.4) is 0 Å². The van der Waals surface area contributed by atoms with Gasteiger partial charge in [0.2, 0.25) is 0 Å². The Bertz CT molecular complexity index is 1190. The van der Waals surface area contributed by atoms with Gasteiger partial charge in [0.15, 0.2) is 5.65 Å². The molecule has 0 saturated heterocycles. The molecular weight excluding hydrogens is 376 g/mol. The average Bonchev–Trinajstić information content (AvgIpc) is 3.08. The zero-order valence-electron chi connectivity index (χ0n) is 15.3. The number of benzene rings is 2. The Morgan fingerprint density at radius 2 is 1.96 bits per heavy atom. The smallest absolute Gasteiger partial charge is 0.256 e. The summed E-state index contributed by atoms with van der Waals surface area (Å²) < 4.78 is 6.95. The van der Waals surface area contributed by atoms with Crippen molar-refractivity contribution < 1.29 is 9.53 Å². The van der Waals surface area contributed by atoms with Crippen LogP contribution in [-0.4, -0.2) is 27.8 Å². The van der Waals surface area contributed by atoms with Crippen molar-refractivity contribution in [2.45, 2.75) is 0 Å². The number of pyridine rings is 1. The number of aromatic nitrogens is 3. The minimum Gasteiger partial charge on any atom is -0.497 e. The van der Waals surface area contributed by atoms with E-state index >= 15 is 0 Å². The van der Waals surface area contributed by atoms with Gasteiger partial charge >= 0.3 is 0 Å². The number of nitrogens with zero attached hydrogens (tertiary/aromatic N) is 3. The Morgan fingerprint density at radius 1 is 1.14 bits per heavy atom. The van der Waals surface area contributed by atoms with Crippen molar-refractivity contribution in [2.75, 3.05) is 12.4 Å². The number of fused-ring (bicyclic) bond motifs is 1. The number of halogens is 1. The van der Waals surface area contributed by atoms with Gasteiger partial charge in [0.1, 0.15) is 5.75 Å². The van der Waals surface area contributed by atoms with Crippen LogP contribution in [0.2, 0.25) is 5.02 Å². The highest BCUT2D eigenvalue weighted by atomic mass is 35.5. The van der Waals surface area contributed by atoms with Crippen LogP contribution in [0.4, 0.5) is 5.69 Å². The number of aryl methyl sites for hydroxylation is 1. The van der Waals surface area contributed by atoms with Crippen LogP contribution >= 0.6 is 11.6 Å². The number of hydrogen-bond donors (Lipinski definition) is 1. The molecule has 0 aliphatic carbocycles. The van der Waals surface area contributed by atoms with Crippen molar-refractivity contribution in [3.8, 4) is 17.0 Å². The fourth-order valence-corrected chi connectivity index (χ4v) is 3.19. The number of carbonyl (C=O) groups is 1. The van der Waals surface area contributed by atoms with Crippen LogP contribution in [-0.2, 0) is 7.05 Å². The maximum absolute atomic E-state index is 13.0. The lowest BCUT2D eigenvalue weighted by Crippen LogP contribution is -2.13. The molecule has 1 amide bonds. The Morgan fingerprint density at radius 3 is 2.75 bits per heavy atom. The summed E-state index contributed by atoms with van der Waals surface area (Å²) >= 11 is 6.02. The molecule has 4 rings (SSSR count). The minimum absolute atomic E-state index is 0.258. The number of rotatable bonds is 4. The standard InChI is InChI=1S/C21H17ClN4O2/c1-26-20-18(12-23-26)17(21(27)24-15-7-4-6-14(22)10-15)11-19(25-20)13-5-3-8-16(9-13)28-2/h3-12H,1-2H3,(H,24,27). The molecule has 28 heavy (non-hydrogen) atoms. The van der Waals surface area contributed by atoms with E-state index in [1.54, 1.807) is 55.4 Å². The number of anilines is 1. The topological polar surface area (TPSA) is 69.0 Å². The molecule has 1 N–H and O–H groups in total. The fourth-order valence-electron chi connectivity index (χ4n) is 3.00. The van der Waals surface area contributed by atoms with Gasteiger partial charge in [0.05, 0.1) is 30.0 Å². The highest BCUT2D eigenvalue weighted by Crippen LogP contribution is 2.27. The second-order valence-electron chi connectivity index (χ2n) is 6.26. The summed E-state index contributed by atoms with van der Waals surface area (Å²) in [5.74, 6) is 0.459. The molecule has 7 heteroatoms. The van der Waals surface area contributed by atoms with Crippen molar-refractivity contribution in [3.63, 3.8) is 0 Å². The van der Waals surface area contributed by atoms with Crippen molar-refractivity contribution in [2.24, 2.45) is 7.05 Å². The molecule has 0 spiro atoms. The lowest BCUT2D eigenvalue weighted by atomic mass is 10.1. The molecular formula is C21H17ClN4O2. The van der Waals surface area contributed by atoms with Crippen molar-refractivity contribution in [1.29, 1.82) is 0 Å². The lowest BCUT2D eigenvalue weighted by Gasteiger charge is -2.10. The van der Waals surface area contributed by atoms with Crippen molar-refractivity contribution in [1.82, 2.24) is 14.8 Å².